The Bertz CT molecular complexity index is 484. The largest absolute Gasteiger partial charge is 0.321 e. The van der Waals surface area contributed by atoms with E-state index in [4.69, 9.17) is 5.73 Å². The maximum Gasteiger partial charge on any atom is 0.145 e. The predicted molar refractivity (Wildman–Crippen MR) is 66.8 cm³/mol. The smallest absolute Gasteiger partial charge is 0.145 e. The third-order valence-corrected chi connectivity index (χ3v) is 2.75. The quantitative estimate of drug-likeness (QED) is 0.947. The fourth-order valence-electron chi connectivity index (χ4n) is 1.58. The molecular weight excluding hydrogens is 285 g/mol. The van der Waals surface area contributed by atoms with E-state index in [1.165, 1.54) is 12.1 Å². The summed E-state index contributed by atoms with van der Waals surface area (Å²) in [4.78, 5) is 8.16. The summed E-state index contributed by atoms with van der Waals surface area (Å²) in [6.07, 6.45) is 3.79. The van der Waals surface area contributed by atoms with E-state index in [0.29, 0.717) is 16.7 Å². The number of nitrogens with zero attached hydrogens (tertiary/aromatic N) is 2. The zero-order valence-corrected chi connectivity index (χ0v) is 10.6. The number of rotatable bonds is 3. The van der Waals surface area contributed by atoms with Crippen LogP contribution in [0.3, 0.4) is 0 Å². The molecule has 0 aliphatic carbocycles. The molecule has 1 heterocycles. The lowest BCUT2D eigenvalue weighted by Crippen LogP contribution is -2.16. The molecule has 1 aromatic heterocycles. The Labute approximate surface area is 107 Å². The van der Waals surface area contributed by atoms with E-state index in [-0.39, 0.29) is 11.9 Å². The van der Waals surface area contributed by atoms with Crippen molar-refractivity contribution in [2.24, 2.45) is 5.73 Å². The van der Waals surface area contributed by atoms with Crippen LogP contribution in [0, 0.1) is 5.82 Å². The van der Waals surface area contributed by atoms with Crippen LogP contribution in [-0.4, -0.2) is 9.97 Å². The summed E-state index contributed by atoms with van der Waals surface area (Å²) < 4.78 is 13.9. The molecule has 0 saturated heterocycles. The molecule has 0 aliphatic rings. The van der Waals surface area contributed by atoms with Crippen LogP contribution in [0.25, 0.3) is 0 Å². The molecule has 2 aromatic rings. The van der Waals surface area contributed by atoms with Gasteiger partial charge in [0.05, 0.1) is 6.04 Å². The van der Waals surface area contributed by atoms with E-state index in [0.717, 1.165) is 5.56 Å². The number of benzene rings is 1. The summed E-state index contributed by atoms with van der Waals surface area (Å²) in [5.74, 6) is 0.281. The van der Waals surface area contributed by atoms with Crippen molar-refractivity contribution < 1.29 is 4.39 Å². The molecule has 2 N–H and O–H groups in total. The van der Waals surface area contributed by atoms with E-state index in [9.17, 15) is 4.39 Å². The Balaban J connectivity index is 2.16. The zero-order chi connectivity index (χ0) is 12.3. The SMILES string of the molecule is NC(Cc1cc(F)cc(Br)c1)c1ncccn1. The molecule has 3 nitrogen and oxygen atoms in total. The summed E-state index contributed by atoms with van der Waals surface area (Å²) in [6, 6.07) is 6.12. The molecule has 0 bridgehead atoms. The van der Waals surface area contributed by atoms with Crippen LogP contribution in [-0.2, 0) is 6.42 Å². The van der Waals surface area contributed by atoms with Gasteiger partial charge in [-0.05, 0) is 36.2 Å². The van der Waals surface area contributed by atoms with E-state index >= 15 is 0 Å². The first-order valence-electron chi connectivity index (χ1n) is 5.12. The minimum Gasteiger partial charge on any atom is -0.321 e. The lowest BCUT2D eigenvalue weighted by atomic mass is 10.1. The first-order valence-corrected chi connectivity index (χ1v) is 5.92. The highest BCUT2D eigenvalue weighted by molar-refractivity contribution is 9.10. The highest BCUT2D eigenvalue weighted by atomic mass is 79.9. The van der Waals surface area contributed by atoms with Crippen LogP contribution in [0.4, 0.5) is 4.39 Å². The second kappa shape index (κ2) is 5.33. The minimum atomic E-state index is -0.329. The van der Waals surface area contributed by atoms with Crippen LogP contribution in [0.2, 0.25) is 0 Å². The van der Waals surface area contributed by atoms with Crippen LogP contribution >= 0.6 is 15.9 Å². The highest BCUT2D eigenvalue weighted by Gasteiger charge is 2.10. The molecule has 0 aliphatic heterocycles. The normalized spacial score (nSPS) is 12.4. The summed E-state index contributed by atoms with van der Waals surface area (Å²) in [7, 11) is 0. The molecule has 0 radical (unpaired) electrons. The van der Waals surface area contributed by atoms with Gasteiger partial charge in [0.25, 0.3) is 0 Å². The molecule has 88 valence electrons. The standard InChI is InChI=1S/C12H11BrFN3/c13-9-4-8(5-10(14)7-9)6-11(15)12-16-2-1-3-17-12/h1-5,7,11H,6,15H2. The maximum atomic E-state index is 13.2. The third-order valence-electron chi connectivity index (χ3n) is 2.30. The molecule has 17 heavy (non-hydrogen) atoms. The average molecular weight is 296 g/mol. The third kappa shape index (κ3) is 3.31. The molecule has 1 unspecified atom stereocenters. The molecule has 1 atom stereocenters. The minimum absolute atomic E-state index is 0.282. The summed E-state index contributed by atoms with van der Waals surface area (Å²) in [5.41, 5.74) is 6.78. The lowest BCUT2D eigenvalue weighted by molar-refractivity contribution is 0.617. The number of halogens is 2. The second-order valence-electron chi connectivity index (χ2n) is 3.70. The van der Waals surface area contributed by atoms with Crippen molar-refractivity contribution in [3.63, 3.8) is 0 Å². The van der Waals surface area contributed by atoms with Gasteiger partial charge in [-0.15, -0.1) is 0 Å². The molecule has 5 heteroatoms. The van der Waals surface area contributed by atoms with Crippen LogP contribution in [0.1, 0.15) is 17.4 Å². The highest BCUT2D eigenvalue weighted by Crippen LogP contribution is 2.18. The van der Waals surface area contributed by atoms with Crippen molar-refractivity contribution in [3.8, 4) is 0 Å². The van der Waals surface area contributed by atoms with E-state index in [1.54, 1.807) is 18.5 Å². The molecule has 0 saturated carbocycles. The average Bonchev–Trinajstić information content (AvgIpc) is 2.28. The van der Waals surface area contributed by atoms with Gasteiger partial charge in [-0.2, -0.15) is 0 Å². The first-order chi connectivity index (χ1) is 8.15. The van der Waals surface area contributed by atoms with Gasteiger partial charge in [-0.25, -0.2) is 14.4 Å². The summed E-state index contributed by atoms with van der Waals surface area (Å²) in [6.45, 7) is 0. The van der Waals surface area contributed by atoms with Crippen LogP contribution in [0.5, 0.6) is 0 Å². The topological polar surface area (TPSA) is 51.8 Å². The Morgan fingerprint density at radius 1 is 1.24 bits per heavy atom. The Morgan fingerprint density at radius 3 is 2.59 bits per heavy atom. The second-order valence-corrected chi connectivity index (χ2v) is 4.61. The van der Waals surface area contributed by atoms with E-state index < -0.39 is 0 Å². The molecule has 1 aromatic carbocycles. The Kier molecular flexibility index (Phi) is 3.81. The van der Waals surface area contributed by atoms with Gasteiger partial charge >= 0.3 is 0 Å². The van der Waals surface area contributed by atoms with Gasteiger partial charge in [0, 0.05) is 16.9 Å². The molecule has 0 amide bonds. The molecule has 0 spiro atoms. The summed E-state index contributed by atoms with van der Waals surface area (Å²) in [5, 5.41) is 0. The van der Waals surface area contributed by atoms with Crippen LogP contribution < -0.4 is 5.73 Å². The molecule has 0 fully saturated rings. The molecular formula is C12H11BrFN3. The van der Waals surface area contributed by atoms with Crippen molar-refractivity contribution in [3.05, 3.63) is 58.3 Å². The lowest BCUT2D eigenvalue weighted by Gasteiger charge is -2.10. The van der Waals surface area contributed by atoms with Crippen molar-refractivity contribution in [2.75, 3.05) is 0 Å². The summed E-state index contributed by atoms with van der Waals surface area (Å²) >= 11 is 3.25. The van der Waals surface area contributed by atoms with Crippen molar-refractivity contribution in [1.82, 2.24) is 9.97 Å². The number of nitrogens with two attached hydrogens (primary N) is 1. The van der Waals surface area contributed by atoms with Gasteiger partial charge in [0.2, 0.25) is 0 Å². The fraction of sp³-hybridized carbons (Fsp3) is 0.167. The maximum absolute atomic E-state index is 13.2. The van der Waals surface area contributed by atoms with E-state index in [1.807, 2.05) is 6.07 Å². The number of hydrogen-bond donors (Lipinski definition) is 1. The van der Waals surface area contributed by atoms with Crippen LogP contribution in [0.15, 0.2) is 41.1 Å². The van der Waals surface area contributed by atoms with Crippen molar-refractivity contribution >= 4 is 15.9 Å². The Hall–Kier alpha value is -1.33. The van der Waals surface area contributed by atoms with Gasteiger partial charge in [-0.1, -0.05) is 15.9 Å². The van der Waals surface area contributed by atoms with Gasteiger partial charge < -0.3 is 5.73 Å². The predicted octanol–water partition coefficient (Wildman–Crippen LogP) is 2.62. The van der Waals surface area contributed by atoms with Crippen molar-refractivity contribution in [2.45, 2.75) is 12.5 Å². The van der Waals surface area contributed by atoms with Gasteiger partial charge in [0.1, 0.15) is 11.6 Å². The van der Waals surface area contributed by atoms with Gasteiger partial charge in [0.15, 0.2) is 0 Å². The number of hydrogen-bond acceptors (Lipinski definition) is 3. The van der Waals surface area contributed by atoms with Gasteiger partial charge in [-0.3, -0.25) is 0 Å². The zero-order valence-electron chi connectivity index (χ0n) is 8.98. The van der Waals surface area contributed by atoms with Crippen molar-refractivity contribution in [1.29, 1.82) is 0 Å². The number of aromatic nitrogens is 2. The first kappa shape index (κ1) is 12.1. The fourth-order valence-corrected chi connectivity index (χ4v) is 2.09. The molecule has 2 rings (SSSR count). The Morgan fingerprint density at radius 2 is 1.94 bits per heavy atom. The van der Waals surface area contributed by atoms with E-state index in [2.05, 4.69) is 25.9 Å². The monoisotopic (exact) mass is 295 g/mol.